The lowest BCUT2D eigenvalue weighted by Crippen LogP contribution is -2.06. The third-order valence-corrected chi connectivity index (χ3v) is 1.89. The molecule has 0 aliphatic carbocycles. The molecule has 0 atom stereocenters. The summed E-state index contributed by atoms with van der Waals surface area (Å²) in [4.78, 5) is 0. The van der Waals surface area contributed by atoms with Crippen molar-refractivity contribution >= 4 is 0 Å². The molecule has 0 radical (unpaired) electrons. The minimum atomic E-state index is -4.63. The third-order valence-electron chi connectivity index (χ3n) is 1.89. The molecule has 0 saturated heterocycles. The maximum Gasteiger partial charge on any atom is 0.416 e. The van der Waals surface area contributed by atoms with Gasteiger partial charge in [-0.05, 0) is 18.2 Å². The fraction of sp³-hybridized carbons (Fsp3) is 0.111. The molecule has 4 nitrogen and oxygen atoms in total. The van der Waals surface area contributed by atoms with Crippen LogP contribution in [0.1, 0.15) is 5.56 Å². The summed E-state index contributed by atoms with van der Waals surface area (Å²) >= 11 is 0. The van der Waals surface area contributed by atoms with Crippen LogP contribution in [0.25, 0.3) is 11.4 Å². The maximum atomic E-state index is 13.0. The smallest absolute Gasteiger partial charge is 0.207 e. The van der Waals surface area contributed by atoms with Crippen LogP contribution in [0.5, 0.6) is 0 Å². The molecule has 0 bridgehead atoms. The van der Waals surface area contributed by atoms with Gasteiger partial charge < -0.3 is 0 Å². The Morgan fingerprint density at radius 2 is 1.59 bits per heavy atom. The summed E-state index contributed by atoms with van der Waals surface area (Å²) < 4.78 is 50.3. The Kier molecular flexibility index (Phi) is 2.70. The Bertz CT molecular complexity index is 526. The zero-order chi connectivity index (χ0) is 12.5. The first-order valence-electron chi connectivity index (χ1n) is 4.35. The second-order valence-electron chi connectivity index (χ2n) is 3.10. The second-order valence-corrected chi connectivity index (χ2v) is 3.10. The molecule has 0 spiro atoms. The Morgan fingerprint density at radius 1 is 0.941 bits per heavy atom. The molecule has 17 heavy (non-hydrogen) atoms. The van der Waals surface area contributed by atoms with Gasteiger partial charge in [0.15, 0.2) is 6.33 Å². The molecular formula is C9H4F4N4. The molecule has 1 aromatic heterocycles. The van der Waals surface area contributed by atoms with Gasteiger partial charge in [-0.15, -0.1) is 20.4 Å². The first kappa shape index (κ1) is 11.4. The predicted molar refractivity (Wildman–Crippen MR) is 48.0 cm³/mol. The van der Waals surface area contributed by atoms with Gasteiger partial charge in [0.2, 0.25) is 5.82 Å². The number of rotatable bonds is 1. The Balaban J connectivity index is 2.54. The Labute approximate surface area is 92.3 Å². The van der Waals surface area contributed by atoms with Crippen molar-refractivity contribution in [1.29, 1.82) is 0 Å². The highest BCUT2D eigenvalue weighted by Crippen LogP contribution is 2.32. The number of hydrogen-bond donors (Lipinski definition) is 0. The monoisotopic (exact) mass is 244 g/mol. The lowest BCUT2D eigenvalue weighted by atomic mass is 10.1. The highest BCUT2D eigenvalue weighted by Gasteiger charge is 2.31. The third kappa shape index (κ3) is 2.52. The molecule has 2 aromatic rings. The van der Waals surface area contributed by atoms with Gasteiger partial charge in [0.25, 0.3) is 0 Å². The first-order valence-corrected chi connectivity index (χ1v) is 4.35. The standard InChI is InChI=1S/C9H4F4N4/c10-7-2-5(8-16-14-4-15-17-8)1-6(3-7)9(11,12)13/h1-4H. The van der Waals surface area contributed by atoms with Crippen molar-refractivity contribution in [3.63, 3.8) is 0 Å². The quantitative estimate of drug-likeness (QED) is 0.721. The van der Waals surface area contributed by atoms with E-state index >= 15 is 0 Å². The van der Waals surface area contributed by atoms with Crippen LogP contribution in [0, 0.1) is 5.82 Å². The van der Waals surface area contributed by atoms with Crippen molar-refractivity contribution in [2.24, 2.45) is 0 Å². The summed E-state index contributed by atoms with van der Waals surface area (Å²) in [5.74, 6) is -1.19. The van der Waals surface area contributed by atoms with Crippen LogP contribution in [0.15, 0.2) is 24.5 Å². The summed E-state index contributed by atoms with van der Waals surface area (Å²) in [7, 11) is 0. The largest absolute Gasteiger partial charge is 0.416 e. The van der Waals surface area contributed by atoms with Crippen LogP contribution in [-0.4, -0.2) is 20.4 Å². The molecule has 0 saturated carbocycles. The molecular weight excluding hydrogens is 240 g/mol. The average Bonchev–Trinajstić information content (AvgIpc) is 2.28. The van der Waals surface area contributed by atoms with Crippen LogP contribution in [0.3, 0.4) is 0 Å². The molecule has 0 amide bonds. The summed E-state index contributed by atoms with van der Waals surface area (Å²) in [5.41, 5.74) is -1.24. The summed E-state index contributed by atoms with van der Waals surface area (Å²) in [6.07, 6.45) is -3.61. The topological polar surface area (TPSA) is 51.6 Å². The maximum absolute atomic E-state index is 13.0. The van der Waals surface area contributed by atoms with E-state index < -0.39 is 17.6 Å². The number of benzene rings is 1. The number of halogens is 4. The molecule has 88 valence electrons. The fourth-order valence-corrected chi connectivity index (χ4v) is 1.20. The van der Waals surface area contributed by atoms with Crippen LogP contribution >= 0.6 is 0 Å². The zero-order valence-corrected chi connectivity index (χ0v) is 8.11. The van der Waals surface area contributed by atoms with Gasteiger partial charge in [0.1, 0.15) is 5.82 Å². The molecule has 1 heterocycles. The number of alkyl halides is 3. The SMILES string of the molecule is Fc1cc(-c2nncnn2)cc(C(F)(F)F)c1. The minimum Gasteiger partial charge on any atom is -0.207 e. The molecule has 2 rings (SSSR count). The van der Waals surface area contributed by atoms with Gasteiger partial charge in [-0.25, -0.2) is 4.39 Å². The van der Waals surface area contributed by atoms with Gasteiger partial charge in [0, 0.05) is 5.56 Å². The molecule has 0 fully saturated rings. The molecule has 8 heteroatoms. The molecule has 0 aliphatic heterocycles. The molecule has 0 N–H and O–H groups in total. The Morgan fingerprint density at radius 3 is 2.18 bits per heavy atom. The predicted octanol–water partition coefficient (Wildman–Crippen LogP) is 2.09. The van der Waals surface area contributed by atoms with Gasteiger partial charge in [-0.3, -0.25) is 0 Å². The summed E-state index contributed by atoms with van der Waals surface area (Å²) in [6.45, 7) is 0. The van der Waals surface area contributed by atoms with E-state index in [0.717, 1.165) is 18.5 Å². The highest BCUT2D eigenvalue weighted by molar-refractivity contribution is 5.55. The molecule has 1 aromatic carbocycles. The minimum absolute atomic E-state index is 0.127. The van der Waals surface area contributed by atoms with Crippen LogP contribution in [0.4, 0.5) is 17.6 Å². The van der Waals surface area contributed by atoms with Crippen LogP contribution in [-0.2, 0) is 6.18 Å². The number of nitrogens with zero attached hydrogens (tertiary/aromatic N) is 4. The fourth-order valence-electron chi connectivity index (χ4n) is 1.20. The van der Waals surface area contributed by atoms with Crippen LogP contribution < -0.4 is 0 Å². The number of hydrogen-bond acceptors (Lipinski definition) is 4. The second kappa shape index (κ2) is 4.04. The van der Waals surface area contributed by atoms with Crippen LogP contribution in [0.2, 0.25) is 0 Å². The van der Waals surface area contributed by atoms with Gasteiger partial charge in [-0.2, -0.15) is 13.2 Å². The van der Waals surface area contributed by atoms with Gasteiger partial charge in [-0.1, -0.05) is 0 Å². The van der Waals surface area contributed by atoms with Crippen molar-refractivity contribution in [2.75, 3.05) is 0 Å². The lowest BCUT2D eigenvalue weighted by molar-refractivity contribution is -0.137. The van der Waals surface area contributed by atoms with E-state index in [-0.39, 0.29) is 11.4 Å². The summed E-state index contributed by atoms with van der Waals surface area (Å²) in [5, 5.41) is 13.6. The van der Waals surface area contributed by atoms with E-state index in [1.807, 2.05) is 0 Å². The van der Waals surface area contributed by atoms with E-state index in [2.05, 4.69) is 20.4 Å². The van der Waals surface area contributed by atoms with E-state index in [1.165, 1.54) is 0 Å². The first-order chi connectivity index (χ1) is 7.97. The van der Waals surface area contributed by atoms with E-state index in [9.17, 15) is 17.6 Å². The van der Waals surface area contributed by atoms with Crippen molar-refractivity contribution in [3.05, 3.63) is 35.9 Å². The van der Waals surface area contributed by atoms with Gasteiger partial charge in [0.05, 0.1) is 5.56 Å². The van der Waals surface area contributed by atoms with Crippen molar-refractivity contribution < 1.29 is 17.6 Å². The normalized spacial score (nSPS) is 11.5. The average molecular weight is 244 g/mol. The molecule has 0 unspecified atom stereocenters. The van der Waals surface area contributed by atoms with E-state index in [1.54, 1.807) is 0 Å². The van der Waals surface area contributed by atoms with E-state index in [0.29, 0.717) is 6.07 Å². The lowest BCUT2D eigenvalue weighted by Gasteiger charge is -2.08. The number of aromatic nitrogens is 4. The molecule has 0 aliphatic rings. The highest BCUT2D eigenvalue weighted by atomic mass is 19.4. The summed E-state index contributed by atoms with van der Waals surface area (Å²) in [6, 6.07) is 2.02. The zero-order valence-electron chi connectivity index (χ0n) is 8.11. The van der Waals surface area contributed by atoms with Crippen molar-refractivity contribution in [2.45, 2.75) is 6.18 Å². The van der Waals surface area contributed by atoms with Crippen molar-refractivity contribution in [1.82, 2.24) is 20.4 Å². The Hall–Kier alpha value is -2.12. The van der Waals surface area contributed by atoms with Gasteiger partial charge >= 0.3 is 6.18 Å². The van der Waals surface area contributed by atoms with E-state index in [4.69, 9.17) is 0 Å². The van der Waals surface area contributed by atoms with Crippen molar-refractivity contribution in [3.8, 4) is 11.4 Å².